The van der Waals surface area contributed by atoms with Gasteiger partial charge in [0.05, 0.1) is 0 Å². The van der Waals surface area contributed by atoms with Crippen molar-refractivity contribution in [1.82, 2.24) is 0 Å². The third-order valence-corrected chi connectivity index (χ3v) is 5.90. The average molecular weight is 492 g/mol. The van der Waals surface area contributed by atoms with Crippen molar-refractivity contribution in [3.63, 3.8) is 0 Å². The van der Waals surface area contributed by atoms with Gasteiger partial charge < -0.3 is 19.3 Å². The molecule has 1 aliphatic heterocycles. The molecule has 0 atom stereocenters. The Morgan fingerprint density at radius 1 is 0.969 bits per heavy atom. The summed E-state index contributed by atoms with van der Waals surface area (Å²) in [4.78, 5) is 11.9. The lowest BCUT2D eigenvalue weighted by atomic mass is 10.0. The number of ether oxygens (including phenoxy) is 3. The van der Waals surface area contributed by atoms with E-state index in [-0.39, 0.29) is 25.4 Å². The molecule has 8 heteroatoms. The van der Waals surface area contributed by atoms with Crippen LogP contribution in [0.25, 0.3) is 6.08 Å². The summed E-state index contributed by atoms with van der Waals surface area (Å²) >= 11 is 18.7. The summed E-state index contributed by atoms with van der Waals surface area (Å²) in [6, 6.07) is 15.7. The van der Waals surface area contributed by atoms with Gasteiger partial charge in [0.15, 0.2) is 11.5 Å². The molecule has 0 aromatic heterocycles. The van der Waals surface area contributed by atoms with Crippen LogP contribution < -0.4 is 14.2 Å². The molecular formula is C24H17Cl3O5. The molecule has 3 aromatic carbocycles. The van der Waals surface area contributed by atoms with E-state index >= 15 is 0 Å². The number of carboxylic acid groups (broad SMARTS) is 1. The number of benzene rings is 3. The van der Waals surface area contributed by atoms with Crippen LogP contribution in [0.15, 0.2) is 60.2 Å². The molecule has 0 radical (unpaired) electrons. The fourth-order valence-electron chi connectivity index (χ4n) is 3.21. The molecule has 0 saturated heterocycles. The third-order valence-electron chi connectivity index (χ3n) is 4.84. The van der Waals surface area contributed by atoms with Crippen molar-refractivity contribution in [2.75, 3.05) is 6.79 Å². The van der Waals surface area contributed by atoms with E-state index in [0.717, 1.165) is 0 Å². The molecule has 164 valence electrons. The number of hydrogen-bond donors (Lipinski definition) is 1. The van der Waals surface area contributed by atoms with Crippen molar-refractivity contribution in [2.24, 2.45) is 0 Å². The van der Waals surface area contributed by atoms with Crippen molar-refractivity contribution in [3.05, 3.63) is 91.9 Å². The molecule has 32 heavy (non-hydrogen) atoms. The van der Waals surface area contributed by atoms with E-state index in [4.69, 9.17) is 49.0 Å². The highest BCUT2D eigenvalue weighted by molar-refractivity contribution is 6.36. The van der Waals surface area contributed by atoms with Crippen molar-refractivity contribution in [3.8, 4) is 17.2 Å². The van der Waals surface area contributed by atoms with Crippen LogP contribution in [-0.2, 0) is 17.8 Å². The smallest absolute Gasteiger partial charge is 0.331 e. The summed E-state index contributed by atoms with van der Waals surface area (Å²) in [7, 11) is 0. The van der Waals surface area contributed by atoms with E-state index in [9.17, 15) is 9.90 Å². The van der Waals surface area contributed by atoms with Crippen molar-refractivity contribution in [1.29, 1.82) is 0 Å². The molecule has 0 amide bonds. The van der Waals surface area contributed by atoms with Gasteiger partial charge >= 0.3 is 5.97 Å². The fourth-order valence-corrected chi connectivity index (χ4v) is 3.94. The number of rotatable bonds is 7. The molecule has 1 aliphatic rings. The molecule has 0 unspecified atom stereocenters. The van der Waals surface area contributed by atoms with Gasteiger partial charge in [-0.2, -0.15) is 0 Å². The number of carbonyl (C=O) groups is 1. The predicted molar refractivity (Wildman–Crippen MR) is 124 cm³/mol. The lowest BCUT2D eigenvalue weighted by molar-refractivity contribution is -0.132. The molecular weight excluding hydrogens is 475 g/mol. The molecule has 0 saturated carbocycles. The summed E-state index contributed by atoms with van der Waals surface area (Å²) < 4.78 is 16.5. The Morgan fingerprint density at radius 3 is 2.38 bits per heavy atom. The van der Waals surface area contributed by atoms with Gasteiger partial charge in [0.1, 0.15) is 12.4 Å². The van der Waals surface area contributed by atoms with E-state index in [1.165, 1.54) is 0 Å². The molecule has 1 heterocycles. The minimum absolute atomic E-state index is 0.114. The third kappa shape index (κ3) is 5.13. The highest BCUT2D eigenvalue weighted by Gasteiger charge is 2.19. The highest BCUT2D eigenvalue weighted by Crippen LogP contribution is 2.37. The van der Waals surface area contributed by atoms with E-state index in [2.05, 4.69) is 0 Å². The van der Waals surface area contributed by atoms with Gasteiger partial charge in [0.25, 0.3) is 0 Å². The normalized spacial score (nSPS) is 12.7. The molecule has 0 fully saturated rings. The topological polar surface area (TPSA) is 65.0 Å². The Bertz CT molecular complexity index is 1190. The number of aliphatic carboxylic acids is 1. The van der Waals surface area contributed by atoms with Crippen LogP contribution in [0, 0.1) is 0 Å². The minimum atomic E-state index is -1.05. The summed E-state index contributed by atoms with van der Waals surface area (Å²) in [5, 5.41) is 11.2. The van der Waals surface area contributed by atoms with Crippen LogP contribution in [-0.4, -0.2) is 17.9 Å². The Balaban J connectivity index is 1.54. The van der Waals surface area contributed by atoms with Gasteiger partial charge in [-0.1, -0.05) is 53.0 Å². The maximum absolute atomic E-state index is 11.9. The number of halogens is 3. The fraction of sp³-hybridized carbons (Fsp3) is 0.125. The Morgan fingerprint density at radius 2 is 1.66 bits per heavy atom. The summed E-state index contributed by atoms with van der Waals surface area (Å²) in [6.45, 7) is 0.299. The first-order valence-electron chi connectivity index (χ1n) is 9.58. The molecule has 3 aromatic rings. The van der Waals surface area contributed by atoms with Gasteiger partial charge in [0, 0.05) is 38.7 Å². The second-order valence-corrected chi connectivity index (χ2v) is 8.23. The van der Waals surface area contributed by atoms with E-state index < -0.39 is 5.97 Å². The first kappa shape index (κ1) is 22.3. The molecule has 1 N–H and O–H groups in total. The van der Waals surface area contributed by atoms with Crippen LogP contribution in [0.2, 0.25) is 15.1 Å². The molecule has 4 rings (SSSR count). The summed E-state index contributed by atoms with van der Waals surface area (Å²) in [6.07, 6.45) is 1.70. The number of fused-ring (bicyclic) bond motifs is 1. The van der Waals surface area contributed by atoms with E-state index in [1.807, 2.05) is 0 Å². The van der Waals surface area contributed by atoms with Gasteiger partial charge in [-0.05, 0) is 47.5 Å². The van der Waals surface area contributed by atoms with Crippen LogP contribution in [0.3, 0.4) is 0 Å². The van der Waals surface area contributed by atoms with Gasteiger partial charge in [-0.3, -0.25) is 0 Å². The SMILES string of the molecule is O=C(O)/C(=C/c1cccc(OCc2c(Cl)cccc2Cl)c1)Cc1cc2c(cc1Cl)OCO2. The summed E-state index contributed by atoms with van der Waals surface area (Å²) in [5.74, 6) is 0.597. The van der Waals surface area contributed by atoms with E-state index in [0.29, 0.717) is 49.0 Å². The van der Waals surface area contributed by atoms with Crippen molar-refractivity contribution in [2.45, 2.75) is 13.0 Å². The lowest BCUT2D eigenvalue weighted by Crippen LogP contribution is -2.04. The van der Waals surface area contributed by atoms with Crippen LogP contribution in [0.4, 0.5) is 0 Å². The Labute approximate surface area is 199 Å². The standard InChI is InChI=1S/C24H17Cl3O5/c25-19-5-2-6-20(26)18(19)12-30-17-4-1-3-14(8-17)7-16(24(28)29)9-15-10-22-23(11-21(15)27)32-13-31-22/h1-8,10-11H,9,12-13H2,(H,28,29)/b16-7+. The molecule has 0 spiro atoms. The molecule has 0 aliphatic carbocycles. The van der Waals surface area contributed by atoms with Gasteiger partial charge in [-0.15, -0.1) is 0 Å². The van der Waals surface area contributed by atoms with Crippen LogP contribution in [0.1, 0.15) is 16.7 Å². The van der Waals surface area contributed by atoms with E-state index in [1.54, 1.807) is 60.7 Å². The highest BCUT2D eigenvalue weighted by atomic mass is 35.5. The quantitative estimate of drug-likeness (QED) is 0.374. The zero-order chi connectivity index (χ0) is 22.7. The Kier molecular flexibility index (Phi) is 6.80. The van der Waals surface area contributed by atoms with Gasteiger partial charge in [-0.25, -0.2) is 4.79 Å². The lowest BCUT2D eigenvalue weighted by Gasteiger charge is -2.10. The molecule has 0 bridgehead atoms. The van der Waals surface area contributed by atoms with Gasteiger partial charge in [0.2, 0.25) is 6.79 Å². The predicted octanol–water partition coefficient (Wildman–Crippen LogP) is 6.67. The largest absolute Gasteiger partial charge is 0.489 e. The maximum Gasteiger partial charge on any atom is 0.331 e. The zero-order valence-corrected chi connectivity index (χ0v) is 18.9. The number of hydrogen-bond acceptors (Lipinski definition) is 4. The Hall–Kier alpha value is -2.86. The maximum atomic E-state index is 11.9. The second kappa shape index (κ2) is 9.74. The monoisotopic (exact) mass is 490 g/mol. The van der Waals surface area contributed by atoms with Crippen molar-refractivity contribution >= 4 is 46.8 Å². The van der Waals surface area contributed by atoms with Crippen molar-refractivity contribution < 1.29 is 24.1 Å². The molecule has 5 nitrogen and oxygen atoms in total. The average Bonchev–Trinajstić information content (AvgIpc) is 3.20. The number of carboxylic acids is 1. The van der Waals surface area contributed by atoms with Crippen LogP contribution in [0.5, 0.6) is 17.2 Å². The minimum Gasteiger partial charge on any atom is -0.489 e. The zero-order valence-electron chi connectivity index (χ0n) is 16.6. The second-order valence-electron chi connectivity index (χ2n) is 7.01. The first-order chi connectivity index (χ1) is 15.4. The summed E-state index contributed by atoms with van der Waals surface area (Å²) in [5.41, 5.74) is 2.14. The van der Waals surface area contributed by atoms with Crippen LogP contribution >= 0.6 is 34.8 Å². The first-order valence-corrected chi connectivity index (χ1v) is 10.7.